The van der Waals surface area contributed by atoms with Gasteiger partial charge in [-0.3, -0.25) is 4.98 Å². The summed E-state index contributed by atoms with van der Waals surface area (Å²) in [4.78, 5) is 3.89. The van der Waals surface area contributed by atoms with Crippen LogP contribution in [-0.2, 0) is 0 Å². The minimum atomic E-state index is -0.426. The number of nitrogens with two attached hydrogens (primary N) is 1. The third-order valence-electron chi connectivity index (χ3n) is 1.89. The van der Waals surface area contributed by atoms with Crippen molar-refractivity contribution in [3.05, 3.63) is 33.6 Å². The minimum Gasteiger partial charge on any atom is -0.396 e. The average Bonchev–Trinajstić information content (AvgIpc) is 2.17. The zero-order chi connectivity index (χ0) is 10.3. The van der Waals surface area contributed by atoms with E-state index in [2.05, 4.69) is 20.9 Å². The summed E-state index contributed by atoms with van der Waals surface area (Å²) in [5.41, 5.74) is 6.11. The monoisotopic (exact) mass is 274 g/mol. The van der Waals surface area contributed by atoms with Crippen molar-refractivity contribution in [1.29, 1.82) is 0 Å². The molecule has 2 rings (SSSR count). The smallest absolute Gasteiger partial charge is 0.163 e. The van der Waals surface area contributed by atoms with Gasteiger partial charge in [0.1, 0.15) is 5.52 Å². The number of fused-ring (bicyclic) bond motifs is 1. The maximum absolute atomic E-state index is 13.5. The first kappa shape index (κ1) is 9.68. The quantitative estimate of drug-likeness (QED) is 0.800. The van der Waals surface area contributed by atoms with Gasteiger partial charge in [-0.05, 0) is 28.1 Å². The van der Waals surface area contributed by atoms with Gasteiger partial charge in [0.05, 0.1) is 21.4 Å². The van der Waals surface area contributed by atoms with Crippen LogP contribution >= 0.6 is 27.5 Å². The SMILES string of the molecule is Nc1cnc2c(F)c(Br)ccc2c1Cl. The number of hydrogen-bond acceptors (Lipinski definition) is 2. The molecule has 2 aromatic rings. The number of hydrogen-bond donors (Lipinski definition) is 1. The molecule has 0 saturated heterocycles. The average molecular weight is 276 g/mol. The van der Waals surface area contributed by atoms with Gasteiger partial charge in [-0.1, -0.05) is 11.6 Å². The summed E-state index contributed by atoms with van der Waals surface area (Å²) < 4.78 is 13.9. The van der Waals surface area contributed by atoms with Crippen molar-refractivity contribution in [2.75, 3.05) is 5.73 Å². The van der Waals surface area contributed by atoms with Crippen LogP contribution in [0.25, 0.3) is 10.9 Å². The van der Waals surface area contributed by atoms with Crippen molar-refractivity contribution in [3.8, 4) is 0 Å². The van der Waals surface area contributed by atoms with Crippen molar-refractivity contribution in [2.45, 2.75) is 0 Å². The van der Waals surface area contributed by atoms with E-state index in [0.29, 0.717) is 20.6 Å². The molecule has 1 heterocycles. The highest BCUT2D eigenvalue weighted by Crippen LogP contribution is 2.31. The topological polar surface area (TPSA) is 38.9 Å². The molecule has 0 aliphatic heterocycles. The van der Waals surface area contributed by atoms with Crippen molar-refractivity contribution in [3.63, 3.8) is 0 Å². The van der Waals surface area contributed by atoms with Gasteiger partial charge in [-0.2, -0.15) is 0 Å². The molecule has 2 N–H and O–H groups in total. The molecule has 2 nitrogen and oxygen atoms in total. The molecular weight excluding hydrogens is 270 g/mol. The van der Waals surface area contributed by atoms with Crippen molar-refractivity contribution >= 4 is 44.1 Å². The third kappa shape index (κ3) is 1.35. The maximum atomic E-state index is 13.5. The number of anilines is 1. The lowest BCUT2D eigenvalue weighted by molar-refractivity contribution is 0.630. The molecule has 0 spiro atoms. The molecule has 72 valence electrons. The predicted molar refractivity (Wildman–Crippen MR) is 58.8 cm³/mol. The number of nitrogen functional groups attached to an aromatic ring is 1. The van der Waals surface area contributed by atoms with Gasteiger partial charge in [-0.15, -0.1) is 0 Å². The molecule has 0 unspecified atom stereocenters. The fourth-order valence-electron chi connectivity index (χ4n) is 1.19. The highest BCUT2D eigenvalue weighted by molar-refractivity contribution is 9.10. The Morgan fingerprint density at radius 2 is 2.14 bits per heavy atom. The first-order valence-corrected chi connectivity index (χ1v) is 4.96. The van der Waals surface area contributed by atoms with Crippen LogP contribution in [0.5, 0.6) is 0 Å². The summed E-state index contributed by atoms with van der Waals surface area (Å²) >= 11 is 8.97. The van der Waals surface area contributed by atoms with E-state index in [1.54, 1.807) is 12.1 Å². The summed E-state index contributed by atoms with van der Waals surface area (Å²) in [6.45, 7) is 0. The largest absolute Gasteiger partial charge is 0.396 e. The van der Waals surface area contributed by atoms with Gasteiger partial charge in [0, 0.05) is 5.39 Å². The third-order valence-corrected chi connectivity index (χ3v) is 2.93. The summed E-state index contributed by atoms with van der Waals surface area (Å²) in [6, 6.07) is 3.25. The number of nitrogens with zero attached hydrogens (tertiary/aromatic N) is 1. The molecule has 0 bridgehead atoms. The molecule has 14 heavy (non-hydrogen) atoms. The Morgan fingerprint density at radius 1 is 1.43 bits per heavy atom. The van der Waals surface area contributed by atoms with Gasteiger partial charge in [0.2, 0.25) is 0 Å². The molecule has 0 aliphatic carbocycles. The fraction of sp³-hybridized carbons (Fsp3) is 0. The van der Waals surface area contributed by atoms with Gasteiger partial charge < -0.3 is 5.73 Å². The maximum Gasteiger partial charge on any atom is 0.163 e. The van der Waals surface area contributed by atoms with E-state index in [-0.39, 0.29) is 5.52 Å². The Bertz CT molecular complexity index is 468. The van der Waals surface area contributed by atoms with Gasteiger partial charge in [0.15, 0.2) is 5.82 Å². The molecule has 1 aromatic carbocycles. The molecule has 0 radical (unpaired) electrons. The number of pyridine rings is 1. The highest BCUT2D eigenvalue weighted by atomic mass is 79.9. The van der Waals surface area contributed by atoms with E-state index in [1.807, 2.05) is 0 Å². The Kier molecular flexibility index (Phi) is 2.33. The van der Waals surface area contributed by atoms with Crippen LogP contribution in [0.2, 0.25) is 5.02 Å². The Labute approximate surface area is 93.0 Å². The zero-order valence-corrected chi connectivity index (χ0v) is 9.23. The van der Waals surface area contributed by atoms with Gasteiger partial charge >= 0.3 is 0 Å². The van der Waals surface area contributed by atoms with Crippen LogP contribution in [0.3, 0.4) is 0 Å². The molecular formula is C9H5BrClFN2. The molecule has 1 aromatic heterocycles. The normalized spacial score (nSPS) is 10.8. The second kappa shape index (κ2) is 3.37. The first-order valence-electron chi connectivity index (χ1n) is 3.79. The zero-order valence-electron chi connectivity index (χ0n) is 6.89. The summed E-state index contributed by atoms with van der Waals surface area (Å²) in [5.74, 6) is -0.426. The van der Waals surface area contributed by atoms with Gasteiger partial charge in [0.25, 0.3) is 0 Å². The van der Waals surface area contributed by atoms with E-state index in [0.717, 1.165) is 0 Å². The van der Waals surface area contributed by atoms with E-state index in [1.165, 1.54) is 6.20 Å². The van der Waals surface area contributed by atoms with Crippen molar-refractivity contribution < 1.29 is 4.39 Å². The molecule has 0 saturated carbocycles. The second-order valence-electron chi connectivity index (χ2n) is 2.79. The van der Waals surface area contributed by atoms with Crippen LogP contribution < -0.4 is 5.73 Å². The highest BCUT2D eigenvalue weighted by Gasteiger charge is 2.10. The van der Waals surface area contributed by atoms with Crippen LogP contribution in [-0.4, -0.2) is 4.98 Å². The Hall–Kier alpha value is -0.870. The van der Waals surface area contributed by atoms with Crippen molar-refractivity contribution in [1.82, 2.24) is 4.98 Å². The van der Waals surface area contributed by atoms with E-state index >= 15 is 0 Å². The van der Waals surface area contributed by atoms with E-state index in [4.69, 9.17) is 17.3 Å². The number of rotatable bonds is 0. The lowest BCUT2D eigenvalue weighted by Crippen LogP contribution is -1.92. The lowest BCUT2D eigenvalue weighted by atomic mass is 10.2. The summed E-state index contributed by atoms with van der Waals surface area (Å²) in [6.07, 6.45) is 1.35. The van der Waals surface area contributed by atoms with Crippen LogP contribution in [0.15, 0.2) is 22.8 Å². The van der Waals surface area contributed by atoms with Crippen LogP contribution in [0, 0.1) is 5.82 Å². The van der Waals surface area contributed by atoms with Crippen molar-refractivity contribution in [2.24, 2.45) is 0 Å². The Balaban J connectivity index is 2.94. The summed E-state index contributed by atoms with van der Waals surface area (Å²) in [7, 11) is 0. The number of aromatic nitrogens is 1. The lowest BCUT2D eigenvalue weighted by Gasteiger charge is -2.04. The second-order valence-corrected chi connectivity index (χ2v) is 4.02. The van der Waals surface area contributed by atoms with E-state index < -0.39 is 5.82 Å². The predicted octanol–water partition coefficient (Wildman–Crippen LogP) is 3.37. The van der Waals surface area contributed by atoms with E-state index in [9.17, 15) is 4.39 Å². The first-order chi connectivity index (χ1) is 6.61. The molecule has 0 aliphatic rings. The standard InChI is InChI=1S/C9H5BrClFN2/c10-5-2-1-4-7(11)6(13)3-14-9(4)8(5)12/h1-3H,13H2. The molecule has 0 amide bonds. The van der Waals surface area contributed by atoms with Crippen LogP contribution in [0.4, 0.5) is 10.1 Å². The van der Waals surface area contributed by atoms with Crippen LogP contribution in [0.1, 0.15) is 0 Å². The number of halogens is 3. The Morgan fingerprint density at radius 3 is 2.86 bits per heavy atom. The van der Waals surface area contributed by atoms with Gasteiger partial charge in [-0.25, -0.2) is 4.39 Å². The fourth-order valence-corrected chi connectivity index (χ4v) is 1.71. The minimum absolute atomic E-state index is 0.221. The summed E-state index contributed by atoms with van der Waals surface area (Å²) in [5, 5.41) is 0.855. The number of benzene rings is 1. The molecule has 0 atom stereocenters. The molecule has 0 fully saturated rings. The molecule has 5 heteroatoms.